The summed E-state index contributed by atoms with van der Waals surface area (Å²) in [6.45, 7) is 6.15. The van der Waals surface area contributed by atoms with E-state index in [-0.39, 0.29) is 5.25 Å². The van der Waals surface area contributed by atoms with Crippen molar-refractivity contribution in [3.63, 3.8) is 0 Å². The van der Waals surface area contributed by atoms with Crippen LogP contribution in [0.25, 0.3) is 10.8 Å². The smallest absolute Gasteiger partial charge is 0.257 e. The first-order valence-corrected chi connectivity index (χ1v) is 8.35. The molecule has 0 radical (unpaired) electrons. The van der Waals surface area contributed by atoms with Gasteiger partial charge in [0.25, 0.3) is 5.89 Å². The van der Waals surface area contributed by atoms with Crippen molar-refractivity contribution in [1.29, 1.82) is 0 Å². The summed E-state index contributed by atoms with van der Waals surface area (Å²) in [6.07, 6.45) is 0. The molecule has 1 atom stereocenters. The summed E-state index contributed by atoms with van der Waals surface area (Å²) in [4.78, 5) is 5.42. The quantitative estimate of drug-likeness (QED) is 0.718. The molecular formula is C13H15N5OS2. The molecule has 0 spiro atoms. The van der Waals surface area contributed by atoms with E-state index in [1.54, 1.807) is 11.3 Å². The topological polar surface area (TPSA) is 80.5 Å². The summed E-state index contributed by atoms with van der Waals surface area (Å²) in [7, 11) is 0. The van der Waals surface area contributed by atoms with Gasteiger partial charge in [-0.15, -0.1) is 26.6 Å². The fourth-order valence-corrected chi connectivity index (χ4v) is 3.08. The molecule has 1 N–H and O–H groups in total. The lowest BCUT2D eigenvalue weighted by atomic mass is 10.2. The second-order valence-electron chi connectivity index (χ2n) is 4.84. The Morgan fingerprint density at radius 2 is 2.14 bits per heavy atom. The molecule has 3 heterocycles. The maximum absolute atomic E-state index is 5.72. The lowest BCUT2D eigenvalue weighted by Crippen LogP contribution is -1.91. The van der Waals surface area contributed by atoms with E-state index in [9.17, 15) is 0 Å². The van der Waals surface area contributed by atoms with Gasteiger partial charge in [0, 0.05) is 5.92 Å². The second-order valence-corrected chi connectivity index (χ2v) is 7.10. The highest BCUT2D eigenvalue weighted by Gasteiger charge is 2.19. The van der Waals surface area contributed by atoms with Crippen LogP contribution >= 0.6 is 23.1 Å². The molecule has 0 bridgehead atoms. The van der Waals surface area contributed by atoms with Gasteiger partial charge in [-0.25, -0.2) is 4.98 Å². The van der Waals surface area contributed by atoms with Crippen LogP contribution in [-0.4, -0.2) is 25.4 Å². The van der Waals surface area contributed by atoms with Gasteiger partial charge in [-0.1, -0.05) is 31.7 Å². The summed E-state index contributed by atoms with van der Waals surface area (Å²) in [5.41, 5.74) is 0. The van der Waals surface area contributed by atoms with Gasteiger partial charge in [-0.05, 0) is 18.4 Å². The first kappa shape index (κ1) is 14.3. The van der Waals surface area contributed by atoms with E-state index in [1.807, 2.05) is 24.4 Å². The highest BCUT2D eigenvalue weighted by atomic mass is 32.2. The molecule has 3 aromatic heterocycles. The minimum atomic E-state index is 0.00187. The molecule has 110 valence electrons. The largest absolute Gasteiger partial charge is 0.419 e. The monoisotopic (exact) mass is 321 g/mol. The van der Waals surface area contributed by atoms with Crippen molar-refractivity contribution in [1.82, 2.24) is 25.4 Å². The standard InChI is InChI=1S/C13H15N5OS2/c1-7(2)10-14-13(18-15-10)21-8(3)11-16-17-12(19-11)9-5-4-6-20-9/h4-8H,1-3H3,(H,14,15,18). The number of thioether (sulfide) groups is 1. The molecular weight excluding hydrogens is 306 g/mol. The second kappa shape index (κ2) is 5.98. The Hall–Kier alpha value is -1.67. The maximum Gasteiger partial charge on any atom is 0.257 e. The molecule has 0 aliphatic rings. The Morgan fingerprint density at radius 1 is 1.29 bits per heavy atom. The summed E-state index contributed by atoms with van der Waals surface area (Å²) >= 11 is 3.08. The van der Waals surface area contributed by atoms with Crippen molar-refractivity contribution in [2.24, 2.45) is 0 Å². The summed E-state index contributed by atoms with van der Waals surface area (Å²) in [6, 6.07) is 3.92. The van der Waals surface area contributed by atoms with Crippen LogP contribution in [0.4, 0.5) is 0 Å². The summed E-state index contributed by atoms with van der Waals surface area (Å²) < 4.78 is 5.72. The van der Waals surface area contributed by atoms with Gasteiger partial charge in [-0.2, -0.15) is 0 Å². The molecule has 1 unspecified atom stereocenters. The zero-order valence-corrected chi connectivity index (χ0v) is 13.5. The predicted octanol–water partition coefficient (Wildman–Crippen LogP) is 3.89. The van der Waals surface area contributed by atoms with Crippen LogP contribution in [0.3, 0.4) is 0 Å². The van der Waals surface area contributed by atoms with Gasteiger partial charge in [0.1, 0.15) is 5.82 Å². The van der Waals surface area contributed by atoms with Gasteiger partial charge in [-0.3, -0.25) is 5.10 Å². The van der Waals surface area contributed by atoms with Crippen LogP contribution in [0.1, 0.15) is 43.7 Å². The number of aromatic amines is 1. The van der Waals surface area contributed by atoms with Crippen LogP contribution in [0.2, 0.25) is 0 Å². The van der Waals surface area contributed by atoms with Crippen LogP contribution in [0, 0.1) is 0 Å². The minimum Gasteiger partial charge on any atom is -0.419 e. The number of hydrogen-bond acceptors (Lipinski definition) is 7. The SMILES string of the molecule is CC(C)c1nc(SC(C)c2nnc(-c3cccs3)o2)n[nH]1. The lowest BCUT2D eigenvalue weighted by molar-refractivity contribution is 0.510. The van der Waals surface area contributed by atoms with Crippen LogP contribution in [0.5, 0.6) is 0 Å². The lowest BCUT2D eigenvalue weighted by Gasteiger charge is -2.02. The van der Waals surface area contributed by atoms with E-state index < -0.39 is 0 Å². The average molecular weight is 321 g/mol. The van der Waals surface area contributed by atoms with E-state index in [0.29, 0.717) is 22.9 Å². The fraction of sp³-hybridized carbons (Fsp3) is 0.385. The van der Waals surface area contributed by atoms with Crippen LogP contribution < -0.4 is 0 Å². The molecule has 3 aromatic rings. The van der Waals surface area contributed by atoms with Gasteiger partial charge >= 0.3 is 0 Å². The number of hydrogen-bond donors (Lipinski definition) is 1. The van der Waals surface area contributed by atoms with E-state index in [2.05, 4.69) is 39.2 Å². The van der Waals surface area contributed by atoms with Gasteiger partial charge in [0.2, 0.25) is 11.0 Å². The Kier molecular flexibility index (Phi) is 4.07. The molecule has 0 fully saturated rings. The van der Waals surface area contributed by atoms with E-state index >= 15 is 0 Å². The molecule has 21 heavy (non-hydrogen) atoms. The Morgan fingerprint density at radius 3 is 2.81 bits per heavy atom. The predicted molar refractivity (Wildman–Crippen MR) is 82.4 cm³/mol. The molecule has 8 heteroatoms. The van der Waals surface area contributed by atoms with Gasteiger partial charge < -0.3 is 4.42 Å². The number of thiophene rings is 1. The number of aromatic nitrogens is 5. The van der Waals surface area contributed by atoms with Crippen LogP contribution in [-0.2, 0) is 0 Å². The van der Waals surface area contributed by atoms with E-state index in [0.717, 1.165) is 10.7 Å². The third-order valence-corrected chi connectivity index (χ3v) is 4.64. The molecule has 0 aliphatic carbocycles. The molecule has 0 aromatic carbocycles. The van der Waals surface area contributed by atoms with Crippen molar-refractivity contribution < 1.29 is 4.42 Å². The Balaban J connectivity index is 1.71. The molecule has 0 aliphatic heterocycles. The van der Waals surface area contributed by atoms with Gasteiger partial charge in [0.05, 0.1) is 10.1 Å². The molecule has 3 rings (SSSR count). The van der Waals surface area contributed by atoms with E-state index in [1.165, 1.54) is 11.8 Å². The Labute approximate surface area is 130 Å². The van der Waals surface area contributed by atoms with Gasteiger partial charge in [0.15, 0.2) is 0 Å². The molecule has 0 saturated heterocycles. The average Bonchev–Trinajstić information content (AvgIpc) is 3.19. The van der Waals surface area contributed by atoms with Crippen molar-refractivity contribution in [3.8, 4) is 10.8 Å². The van der Waals surface area contributed by atoms with Crippen molar-refractivity contribution in [2.45, 2.75) is 37.1 Å². The van der Waals surface area contributed by atoms with Crippen molar-refractivity contribution >= 4 is 23.1 Å². The fourth-order valence-electron chi connectivity index (χ4n) is 1.68. The third-order valence-electron chi connectivity index (χ3n) is 2.83. The molecule has 6 nitrogen and oxygen atoms in total. The summed E-state index contributed by atoms with van der Waals surface area (Å²) in [5, 5.41) is 18.0. The van der Waals surface area contributed by atoms with E-state index in [4.69, 9.17) is 4.42 Å². The minimum absolute atomic E-state index is 0.00187. The van der Waals surface area contributed by atoms with Crippen molar-refractivity contribution in [2.75, 3.05) is 0 Å². The zero-order chi connectivity index (χ0) is 14.8. The highest BCUT2D eigenvalue weighted by molar-refractivity contribution is 7.99. The van der Waals surface area contributed by atoms with Crippen LogP contribution in [0.15, 0.2) is 27.1 Å². The maximum atomic E-state index is 5.72. The zero-order valence-electron chi connectivity index (χ0n) is 11.9. The molecule has 0 amide bonds. The van der Waals surface area contributed by atoms with Crippen molar-refractivity contribution in [3.05, 3.63) is 29.2 Å². The number of nitrogens with zero attached hydrogens (tertiary/aromatic N) is 4. The number of rotatable bonds is 5. The Bertz CT molecular complexity index is 704. The highest BCUT2D eigenvalue weighted by Crippen LogP contribution is 2.34. The first-order valence-electron chi connectivity index (χ1n) is 6.59. The third kappa shape index (κ3) is 3.16. The molecule has 0 saturated carbocycles. The number of H-pyrrole nitrogens is 1. The number of nitrogens with one attached hydrogen (secondary N) is 1. The summed E-state index contributed by atoms with van der Waals surface area (Å²) in [5.74, 6) is 2.36. The first-order chi connectivity index (χ1) is 10.1. The normalized spacial score (nSPS) is 13.0.